The van der Waals surface area contributed by atoms with Gasteiger partial charge in [0, 0.05) is 11.1 Å². The van der Waals surface area contributed by atoms with Crippen LogP contribution < -0.4 is 4.74 Å². The largest absolute Gasteiger partial charge is 0.453 e. The van der Waals surface area contributed by atoms with Gasteiger partial charge in [-0.25, -0.2) is 4.39 Å². The number of nitro groups is 1. The molecule has 0 amide bonds. The number of hydrogen-bond acceptors (Lipinski definition) is 3. The molecule has 0 atom stereocenters. The van der Waals surface area contributed by atoms with E-state index in [1.165, 1.54) is 18.2 Å². The molecule has 0 saturated heterocycles. The quantitative estimate of drug-likeness (QED) is 0.459. The molecule has 0 spiro atoms. The minimum Gasteiger partial charge on any atom is -0.453 e. The van der Waals surface area contributed by atoms with Crippen LogP contribution >= 0.6 is 11.6 Å². The van der Waals surface area contributed by atoms with Crippen LogP contribution in [-0.2, 0) is 5.88 Å². The SMILES string of the molecule is Cc1cc(C)c([N+](=O)[O-])cc1Oc1c(F)cccc1CCl. The van der Waals surface area contributed by atoms with Gasteiger partial charge in [0.05, 0.1) is 16.9 Å². The second kappa shape index (κ2) is 6.10. The van der Waals surface area contributed by atoms with Gasteiger partial charge >= 0.3 is 0 Å². The summed E-state index contributed by atoms with van der Waals surface area (Å²) >= 11 is 5.76. The molecule has 0 N–H and O–H groups in total. The summed E-state index contributed by atoms with van der Waals surface area (Å²) in [6.07, 6.45) is 0. The molecule has 21 heavy (non-hydrogen) atoms. The van der Waals surface area contributed by atoms with Gasteiger partial charge in [-0.2, -0.15) is 0 Å². The number of benzene rings is 2. The van der Waals surface area contributed by atoms with Gasteiger partial charge in [-0.3, -0.25) is 10.1 Å². The molecule has 0 aliphatic rings. The van der Waals surface area contributed by atoms with E-state index in [0.717, 1.165) is 0 Å². The lowest BCUT2D eigenvalue weighted by Crippen LogP contribution is -1.98. The number of rotatable bonds is 4. The van der Waals surface area contributed by atoms with Crippen LogP contribution in [0.1, 0.15) is 16.7 Å². The molecule has 0 saturated carbocycles. The second-order valence-corrected chi connectivity index (χ2v) is 4.89. The molecule has 0 radical (unpaired) electrons. The maximum absolute atomic E-state index is 13.9. The summed E-state index contributed by atoms with van der Waals surface area (Å²) in [6, 6.07) is 7.36. The fourth-order valence-electron chi connectivity index (χ4n) is 2.01. The Morgan fingerprint density at radius 1 is 1.29 bits per heavy atom. The summed E-state index contributed by atoms with van der Waals surface area (Å²) in [4.78, 5) is 10.5. The maximum atomic E-state index is 13.9. The van der Waals surface area contributed by atoms with Crippen molar-refractivity contribution in [1.82, 2.24) is 0 Å². The predicted molar refractivity (Wildman–Crippen MR) is 78.6 cm³/mol. The highest BCUT2D eigenvalue weighted by atomic mass is 35.5. The minimum atomic E-state index is -0.559. The van der Waals surface area contributed by atoms with Crippen LogP contribution in [0.3, 0.4) is 0 Å². The summed E-state index contributed by atoms with van der Waals surface area (Å²) in [5.41, 5.74) is 1.62. The van der Waals surface area contributed by atoms with Gasteiger partial charge in [0.25, 0.3) is 5.69 Å². The topological polar surface area (TPSA) is 52.4 Å². The van der Waals surface area contributed by atoms with Crippen LogP contribution in [0.4, 0.5) is 10.1 Å². The standard InChI is InChI=1S/C15H13ClFNO3/c1-9-6-10(2)14(7-13(9)18(19)20)21-15-11(8-16)4-3-5-12(15)17/h3-7H,8H2,1-2H3. The van der Waals surface area contributed by atoms with E-state index in [2.05, 4.69) is 0 Å². The van der Waals surface area contributed by atoms with Gasteiger partial charge in [-0.1, -0.05) is 12.1 Å². The molecule has 110 valence electrons. The third-order valence-electron chi connectivity index (χ3n) is 3.09. The number of nitrogens with zero attached hydrogens (tertiary/aromatic N) is 1. The predicted octanol–water partition coefficient (Wildman–Crippen LogP) is 4.88. The molecule has 0 aliphatic heterocycles. The highest BCUT2D eigenvalue weighted by Crippen LogP contribution is 2.34. The minimum absolute atomic E-state index is 0.00579. The lowest BCUT2D eigenvalue weighted by Gasteiger charge is -2.13. The number of alkyl halides is 1. The van der Waals surface area contributed by atoms with E-state index in [9.17, 15) is 14.5 Å². The van der Waals surface area contributed by atoms with Gasteiger partial charge < -0.3 is 4.74 Å². The molecule has 2 aromatic rings. The third kappa shape index (κ3) is 3.13. The monoisotopic (exact) mass is 309 g/mol. The van der Waals surface area contributed by atoms with Crippen molar-refractivity contribution >= 4 is 17.3 Å². The Bertz CT molecular complexity index is 704. The third-order valence-corrected chi connectivity index (χ3v) is 3.38. The zero-order valence-electron chi connectivity index (χ0n) is 11.5. The van der Waals surface area contributed by atoms with Gasteiger partial charge in [-0.05, 0) is 31.5 Å². The van der Waals surface area contributed by atoms with Crippen LogP contribution in [0.2, 0.25) is 0 Å². The Kier molecular flexibility index (Phi) is 4.43. The number of ether oxygens (including phenoxy) is 1. The second-order valence-electron chi connectivity index (χ2n) is 4.63. The molecule has 0 fully saturated rings. The smallest absolute Gasteiger partial charge is 0.276 e. The molecule has 2 rings (SSSR count). The van der Waals surface area contributed by atoms with Crippen LogP contribution in [0, 0.1) is 29.8 Å². The first-order valence-corrected chi connectivity index (χ1v) is 6.74. The van der Waals surface area contributed by atoms with Crippen molar-refractivity contribution < 1.29 is 14.1 Å². The van der Waals surface area contributed by atoms with E-state index in [0.29, 0.717) is 16.7 Å². The molecule has 0 aliphatic carbocycles. The number of para-hydroxylation sites is 1. The molecule has 0 unspecified atom stereocenters. The normalized spacial score (nSPS) is 10.5. The van der Waals surface area contributed by atoms with Crippen molar-refractivity contribution in [2.45, 2.75) is 19.7 Å². The Hall–Kier alpha value is -2.14. The van der Waals surface area contributed by atoms with Gasteiger partial charge in [0.15, 0.2) is 11.6 Å². The van der Waals surface area contributed by atoms with Crippen molar-refractivity contribution in [1.29, 1.82) is 0 Å². The van der Waals surface area contributed by atoms with Gasteiger partial charge in [-0.15, -0.1) is 11.6 Å². The zero-order chi connectivity index (χ0) is 15.6. The number of nitro benzene ring substituents is 1. The first-order chi connectivity index (χ1) is 9.93. The molecule has 0 bridgehead atoms. The van der Waals surface area contributed by atoms with Gasteiger partial charge in [0.1, 0.15) is 5.75 Å². The van der Waals surface area contributed by atoms with E-state index in [-0.39, 0.29) is 23.1 Å². The molecule has 2 aromatic carbocycles. The first kappa shape index (κ1) is 15.3. The maximum Gasteiger partial charge on any atom is 0.276 e. The average Bonchev–Trinajstić information content (AvgIpc) is 2.43. The van der Waals surface area contributed by atoms with Crippen LogP contribution in [0.25, 0.3) is 0 Å². The van der Waals surface area contributed by atoms with Crippen molar-refractivity contribution in [3.05, 3.63) is 63.0 Å². The fraction of sp³-hybridized carbons (Fsp3) is 0.200. The Morgan fingerprint density at radius 2 is 2.00 bits per heavy atom. The number of halogens is 2. The van der Waals surface area contributed by atoms with Crippen LogP contribution in [0.15, 0.2) is 30.3 Å². The van der Waals surface area contributed by atoms with E-state index in [1.54, 1.807) is 26.0 Å². The van der Waals surface area contributed by atoms with E-state index in [1.807, 2.05) is 0 Å². The van der Waals surface area contributed by atoms with Crippen LogP contribution in [-0.4, -0.2) is 4.92 Å². The van der Waals surface area contributed by atoms with E-state index in [4.69, 9.17) is 16.3 Å². The van der Waals surface area contributed by atoms with Crippen molar-refractivity contribution in [3.8, 4) is 11.5 Å². The number of hydrogen-bond donors (Lipinski definition) is 0. The fourth-order valence-corrected chi connectivity index (χ4v) is 2.22. The van der Waals surface area contributed by atoms with E-state index >= 15 is 0 Å². The lowest BCUT2D eigenvalue weighted by atomic mass is 10.1. The molecular weight excluding hydrogens is 297 g/mol. The highest BCUT2D eigenvalue weighted by molar-refractivity contribution is 6.17. The Labute approximate surface area is 126 Å². The summed E-state index contributed by atoms with van der Waals surface area (Å²) < 4.78 is 19.4. The van der Waals surface area contributed by atoms with Crippen LogP contribution in [0.5, 0.6) is 11.5 Å². The molecule has 6 heteroatoms. The highest BCUT2D eigenvalue weighted by Gasteiger charge is 2.17. The molecule has 0 aromatic heterocycles. The van der Waals surface area contributed by atoms with Crippen molar-refractivity contribution in [2.75, 3.05) is 0 Å². The van der Waals surface area contributed by atoms with Crippen molar-refractivity contribution in [3.63, 3.8) is 0 Å². The van der Waals surface area contributed by atoms with E-state index < -0.39 is 10.7 Å². The average molecular weight is 310 g/mol. The Balaban J connectivity index is 2.50. The Morgan fingerprint density at radius 3 is 2.62 bits per heavy atom. The van der Waals surface area contributed by atoms with Gasteiger partial charge in [0.2, 0.25) is 0 Å². The van der Waals surface area contributed by atoms with Crippen molar-refractivity contribution in [2.24, 2.45) is 0 Å². The summed E-state index contributed by atoms with van der Waals surface area (Å²) in [5.74, 6) is -0.242. The first-order valence-electron chi connectivity index (χ1n) is 6.21. The summed E-state index contributed by atoms with van der Waals surface area (Å²) in [5, 5.41) is 11.0. The molecule has 0 heterocycles. The molecular formula is C15H13ClFNO3. The lowest BCUT2D eigenvalue weighted by molar-refractivity contribution is -0.385. The number of aryl methyl sites for hydroxylation is 2. The molecule has 4 nitrogen and oxygen atoms in total. The zero-order valence-corrected chi connectivity index (χ0v) is 12.3. The summed E-state index contributed by atoms with van der Waals surface area (Å²) in [6.45, 7) is 3.38. The summed E-state index contributed by atoms with van der Waals surface area (Å²) in [7, 11) is 0.